The van der Waals surface area contributed by atoms with E-state index in [0.29, 0.717) is 19.4 Å². The predicted octanol–water partition coefficient (Wildman–Crippen LogP) is 1.13. The smallest absolute Gasteiger partial charge is 0.237 e. The summed E-state index contributed by atoms with van der Waals surface area (Å²) < 4.78 is 0. The second-order valence-corrected chi connectivity index (χ2v) is 5.70. The molecular weight excluding hydrogens is 290 g/mol. The molecule has 5 nitrogen and oxygen atoms in total. The molecule has 0 unspecified atom stereocenters. The monoisotopic (exact) mass is 313 g/mol. The first kappa shape index (κ1) is 17.1. The Morgan fingerprint density at radius 2 is 1.83 bits per heavy atom. The van der Waals surface area contributed by atoms with Gasteiger partial charge in [-0.05, 0) is 42.6 Å². The molecule has 1 amide bonds. The van der Waals surface area contributed by atoms with Crippen LogP contribution in [0.2, 0.25) is 0 Å². The SMILES string of the molecule is CC(=O)[C@H](CCN)NC(=O)[C@@H](N)Cc1cccc2ccccc12. The zero-order chi connectivity index (χ0) is 16.8. The van der Waals surface area contributed by atoms with E-state index in [9.17, 15) is 9.59 Å². The molecule has 0 saturated carbocycles. The van der Waals surface area contributed by atoms with Crippen molar-refractivity contribution in [2.45, 2.75) is 31.8 Å². The maximum absolute atomic E-state index is 12.2. The van der Waals surface area contributed by atoms with E-state index in [4.69, 9.17) is 11.5 Å². The van der Waals surface area contributed by atoms with E-state index in [1.54, 1.807) is 0 Å². The summed E-state index contributed by atoms with van der Waals surface area (Å²) >= 11 is 0. The fraction of sp³-hybridized carbons (Fsp3) is 0.333. The number of ketones is 1. The van der Waals surface area contributed by atoms with Gasteiger partial charge in [-0.15, -0.1) is 0 Å². The lowest BCUT2D eigenvalue weighted by atomic mass is 9.98. The highest BCUT2D eigenvalue weighted by Crippen LogP contribution is 2.19. The van der Waals surface area contributed by atoms with E-state index in [1.807, 2.05) is 42.5 Å². The molecule has 0 aliphatic rings. The van der Waals surface area contributed by atoms with Crippen LogP contribution in [0, 0.1) is 0 Å². The molecule has 0 aliphatic carbocycles. The number of hydrogen-bond acceptors (Lipinski definition) is 4. The van der Waals surface area contributed by atoms with Crippen molar-refractivity contribution < 1.29 is 9.59 Å². The molecule has 5 heteroatoms. The second-order valence-electron chi connectivity index (χ2n) is 5.70. The summed E-state index contributed by atoms with van der Waals surface area (Å²) in [5.41, 5.74) is 12.5. The molecule has 0 heterocycles. The molecule has 2 aromatic carbocycles. The van der Waals surface area contributed by atoms with Gasteiger partial charge in [-0.2, -0.15) is 0 Å². The molecule has 0 radical (unpaired) electrons. The van der Waals surface area contributed by atoms with Gasteiger partial charge in [0.05, 0.1) is 12.1 Å². The van der Waals surface area contributed by atoms with Crippen LogP contribution in [0.1, 0.15) is 18.9 Å². The number of nitrogens with two attached hydrogens (primary N) is 2. The van der Waals surface area contributed by atoms with Gasteiger partial charge in [0.2, 0.25) is 5.91 Å². The van der Waals surface area contributed by atoms with E-state index in [1.165, 1.54) is 6.92 Å². The molecular formula is C18H23N3O2. The van der Waals surface area contributed by atoms with Gasteiger partial charge in [0.1, 0.15) is 0 Å². The van der Waals surface area contributed by atoms with E-state index in [0.717, 1.165) is 16.3 Å². The number of nitrogens with one attached hydrogen (secondary N) is 1. The number of benzene rings is 2. The molecule has 0 bridgehead atoms. The average molecular weight is 313 g/mol. The maximum Gasteiger partial charge on any atom is 0.237 e. The minimum absolute atomic E-state index is 0.110. The summed E-state index contributed by atoms with van der Waals surface area (Å²) in [7, 11) is 0. The lowest BCUT2D eigenvalue weighted by Gasteiger charge is -2.19. The molecule has 5 N–H and O–H groups in total. The summed E-state index contributed by atoms with van der Waals surface area (Å²) in [6.45, 7) is 1.78. The summed E-state index contributed by atoms with van der Waals surface area (Å²) in [6, 6.07) is 12.7. The second kappa shape index (κ2) is 7.85. The molecule has 0 fully saturated rings. The predicted molar refractivity (Wildman–Crippen MR) is 91.9 cm³/mol. The van der Waals surface area contributed by atoms with Crippen molar-refractivity contribution in [3.8, 4) is 0 Å². The Labute approximate surface area is 136 Å². The Bertz CT molecular complexity index is 694. The van der Waals surface area contributed by atoms with Crippen molar-refractivity contribution in [1.29, 1.82) is 0 Å². The van der Waals surface area contributed by atoms with Gasteiger partial charge in [0, 0.05) is 0 Å². The largest absolute Gasteiger partial charge is 0.345 e. The van der Waals surface area contributed by atoms with Crippen molar-refractivity contribution in [2.75, 3.05) is 6.54 Å². The van der Waals surface area contributed by atoms with Crippen molar-refractivity contribution in [2.24, 2.45) is 11.5 Å². The van der Waals surface area contributed by atoms with Gasteiger partial charge >= 0.3 is 0 Å². The van der Waals surface area contributed by atoms with Gasteiger partial charge in [-0.1, -0.05) is 42.5 Å². The Hall–Kier alpha value is -2.24. The zero-order valence-electron chi connectivity index (χ0n) is 13.3. The van der Waals surface area contributed by atoms with Crippen LogP contribution >= 0.6 is 0 Å². The van der Waals surface area contributed by atoms with Gasteiger partial charge in [-0.3, -0.25) is 9.59 Å². The van der Waals surface area contributed by atoms with Crippen molar-refractivity contribution in [3.63, 3.8) is 0 Å². The number of rotatable bonds is 7. The number of hydrogen-bond donors (Lipinski definition) is 3. The molecule has 2 aromatic rings. The third-order valence-electron chi connectivity index (χ3n) is 3.92. The summed E-state index contributed by atoms with van der Waals surface area (Å²) in [5.74, 6) is -0.437. The average Bonchev–Trinajstić information content (AvgIpc) is 2.54. The third-order valence-corrected chi connectivity index (χ3v) is 3.92. The molecule has 0 aromatic heterocycles. The van der Waals surface area contributed by atoms with Gasteiger partial charge in [0.25, 0.3) is 0 Å². The molecule has 2 rings (SSSR count). The van der Waals surface area contributed by atoms with Crippen LogP contribution in [0.25, 0.3) is 10.8 Å². The minimum atomic E-state index is -0.708. The molecule has 0 saturated heterocycles. The fourth-order valence-electron chi connectivity index (χ4n) is 2.62. The van der Waals surface area contributed by atoms with Gasteiger partial charge < -0.3 is 16.8 Å². The summed E-state index contributed by atoms with van der Waals surface area (Å²) in [4.78, 5) is 23.8. The van der Waals surface area contributed by atoms with Crippen molar-refractivity contribution in [3.05, 3.63) is 48.0 Å². The first-order valence-electron chi connectivity index (χ1n) is 7.76. The first-order chi connectivity index (χ1) is 11.0. The molecule has 122 valence electrons. The van der Waals surface area contributed by atoms with Gasteiger partial charge in [-0.25, -0.2) is 0 Å². The van der Waals surface area contributed by atoms with Crippen molar-refractivity contribution >= 4 is 22.5 Å². The number of amides is 1. The fourth-order valence-corrected chi connectivity index (χ4v) is 2.62. The Morgan fingerprint density at radius 1 is 1.13 bits per heavy atom. The Morgan fingerprint density at radius 3 is 2.52 bits per heavy atom. The van der Waals surface area contributed by atoms with Crippen molar-refractivity contribution in [1.82, 2.24) is 5.32 Å². The van der Waals surface area contributed by atoms with Crippen LogP contribution in [0.5, 0.6) is 0 Å². The van der Waals surface area contributed by atoms with Gasteiger partial charge in [0.15, 0.2) is 5.78 Å². The van der Waals surface area contributed by atoms with E-state index in [2.05, 4.69) is 5.32 Å². The molecule has 2 atom stereocenters. The summed E-state index contributed by atoms with van der Waals surface area (Å²) in [5, 5.41) is 4.89. The standard InChI is InChI=1S/C18H23N3O2/c1-12(22)17(9-10-19)21-18(23)16(20)11-14-7-4-6-13-5-2-3-8-15(13)14/h2-8,16-17H,9-11,19-20H2,1H3,(H,21,23)/t16-,17-/m0/s1. The highest BCUT2D eigenvalue weighted by Gasteiger charge is 2.21. The molecule has 23 heavy (non-hydrogen) atoms. The Kier molecular flexibility index (Phi) is 5.84. The van der Waals surface area contributed by atoms with E-state index >= 15 is 0 Å². The normalized spacial score (nSPS) is 13.5. The van der Waals surface area contributed by atoms with Crippen LogP contribution in [0.15, 0.2) is 42.5 Å². The van der Waals surface area contributed by atoms with Crippen LogP contribution in [-0.4, -0.2) is 30.3 Å². The Balaban J connectivity index is 2.09. The van der Waals surface area contributed by atoms with Crippen LogP contribution in [0.3, 0.4) is 0 Å². The molecule has 0 spiro atoms. The minimum Gasteiger partial charge on any atom is -0.345 e. The molecule has 0 aliphatic heterocycles. The van der Waals surface area contributed by atoms with E-state index < -0.39 is 12.1 Å². The van der Waals surface area contributed by atoms with Crippen LogP contribution in [-0.2, 0) is 16.0 Å². The van der Waals surface area contributed by atoms with Crippen LogP contribution in [0.4, 0.5) is 0 Å². The lowest BCUT2D eigenvalue weighted by molar-refractivity contribution is -0.127. The quantitative estimate of drug-likeness (QED) is 0.713. The maximum atomic E-state index is 12.2. The third kappa shape index (κ3) is 4.37. The number of Topliss-reactive ketones (excluding diaryl/α,β-unsaturated/α-hetero) is 1. The topological polar surface area (TPSA) is 98.2 Å². The number of carbonyl (C=O) groups is 2. The lowest BCUT2D eigenvalue weighted by Crippen LogP contribution is -2.49. The highest BCUT2D eigenvalue weighted by molar-refractivity contribution is 5.91. The number of fused-ring (bicyclic) bond motifs is 1. The van der Waals surface area contributed by atoms with E-state index in [-0.39, 0.29) is 11.7 Å². The zero-order valence-corrected chi connectivity index (χ0v) is 13.3. The summed E-state index contributed by atoms with van der Waals surface area (Å²) in [6.07, 6.45) is 0.836. The highest BCUT2D eigenvalue weighted by atomic mass is 16.2. The van der Waals surface area contributed by atoms with Crippen LogP contribution < -0.4 is 16.8 Å². The first-order valence-corrected chi connectivity index (χ1v) is 7.76. The number of carbonyl (C=O) groups excluding carboxylic acids is 2.